The molecule has 1 fully saturated rings. The Balaban J connectivity index is 2.27. The number of benzene rings is 1. The monoisotopic (exact) mass is 286 g/mol. The van der Waals surface area contributed by atoms with Crippen molar-refractivity contribution >= 4 is 5.91 Å². The number of morpholine rings is 1. The minimum Gasteiger partial charge on any atom is -0.375 e. The van der Waals surface area contributed by atoms with Crippen molar-refractivity contribution in [2.24, 2.45) is 5.73 Å². The molecule has 1 aliphatic heterocycles. The van der Waals surface area contributed by atoms with Crippen molar-refractivity contribution in [2.75, 3.05) is 26.2 Å². The lowest BCUT2D eigenvalue weighted by atomic mass is 10.0. The summed E-state index contributed by atoms with van der Waals surface area (Å²) in [5.41, 5.74) is 7.88. The van der Waals surface area contributed by atoms with Gasteiger partial charge in [0.15, 0.2) is 0 Å². The van der Waals surface area contributed by atoms with Crippen molar-refractivity contribution in [3.63, 3.8) is 0 Å². The van der Waals surface area contributed by atoms with Gasteiger partial charge < -0.3 is 15.4 Å². The molecule has 4 heteroatoms. The summed E-state index contributed by atoms with van der Waals surface area (Å²) in [6.45, 7) is 6.21. The van der Waals surface area contributed by atoms with Crippen LogP contribution in [0.3, 0.4) is 0 Å². The van der Waals surface area contributed by atoms with Crippen molar-refractivity contribution < 1.29 is 9.53 Å². The lowest BCUT2D eigenvalue weighted by Crippen LogP contribution is -2.45. The number of ether oxygens (including phenoxy) is 1. The summed E-state index contributed by atoms with van der Waals surface area (Å²) in [5, 5.41) is 0. The van der Waals surface area contributed by atoms with Gasteiger partial charge in [0, 0.05) is 18.7 Å². The molecule has 0 radical (unpaired) electrons. The van der Waals surface area contributed by atoms with Crippen LogP contribution in [0, 0.1) is 18.8 Å². The van der Waals surface area contributed by atoms with Gasteiger partial charge in [-0.2, -0.15) is 0 Å². The van der Waals surface area contributed by atoms with Crippen molar-refractivity contribution in [2.45, 2.75) is 26.4 Å². The molecule has 2 rings (SSSR count). The first kappa shape index (κ1) is 15.6. The average molecular weight is 286 g/mol. The van der Waals surface area contributed by atoms with Crippen molar-refractivity contribution in [3.8, 4) is 11.8 Å². The van der Waals surface area contributed by atoms with Crippen LogP contribution in [0.4, 0.5) is 0 Å². The Kier molecular flexibility index (Phi) is 5.38. The molecule has 1 aromatic rings. The maximum Gasteiger partial charge on any atom is 0.255 e. The molecule has 4 nitrogen and oxygen atoms in total. The Hall–Kier alpha value is -1.83. The lowest BCUT2D eigenvalue weighted by molar-refractivity contribution is -0.0226. The van der Waals surface area contributed by atoms with Gasteiger partial charge in [0.2, 0.25) is 0 Å². The molecule has 1 unspecified atom stereocenters. The molecule has 1 saturated heterocycles. The summed E-state index contributed by atoms with van der Waals surface area (Å²) < 4.78 is 5.62. The summed E-state index contributed by atoms with van der Waals surface area (Å²) >= 11 is 0. The second-order valence-corrected chi connectivity index (χ2v) is 5.21. The fraction of sp³-hybridized carbons (Fsp3) is 0.471. The van der Waals surface area contributed by atoms with Gasteiger partial charge in [0.05, 0.1) is 24.8 Å². The Morgan fingerprint density at radius 2 is 2.33 bits per heavy atom. The number of hydrogen-bond acceptors (Lipinski definition) is 3. The van der Waals surface area contributed by atoms with Crippen LogP contribution in [0.1, 0.15) is 34.8 Å². The van der Waals surface area contributed by atoms with E-state index in [-0.39, 0.29) is 18.6 Å². The summed E-state index contributed by atoms with van der Waals surface area (Å²) in [6, 6.07) is 5.76. The largest absolute Gasteiger partial charge is 0.375 e. The highest BCUT2D eigenvalue weighted by molar-refractivity contribution is 5.97. The van der Waals surface area contributed by atoms with E-state index in [1.807, 2.05) is 30.0 Å². The van der Waals surface area contributed by atoms with Gasteiger partial charge in [-0.15, -0.1) is 0 Å². The van der Waals surface area contributed by atoms with Gasteiger partial charge in [-0.05, 0) is 25.5 Å². The smallest absolute Gasteiger partial charge is 0.255 e. The minimum atomic E-state index is 0.0294. The highest BCUT2D eigenvalue weighted by Crippen LogP contribution is 2.17. The standard InChI is InChI=1S/C17H22N2O2/c1-3-15-12-19(9-10-21-15)17(20)16-11-13(2)6-7-14(16)5-4-8-18/h6-7,11,15H,3,8-10,12,18H2,1-2H3. The molecule has 0 aromatic heterocycles. The highest BCUT2D eigenvalue weighted by atomic mass is 16.5. The first-order valence-electron chi connectivity index (χ1n) is 7.36. The van der Waals surface area contributed by atoms with Gasteiger partial charge in [-0.3, -0.25) is 4.79 Å². The number of carbonyl (C=O) groups excluding carboxylic acids is 1. The molecule has 0 saturated carbocycles. The quantitative estimate of drug-likeness (QED) is 0.839. The van der Waals surface area contributed by atoms with Crippen molar-refractivity contribution in [1.82, 2.24) is 4.90 Å². The maximum atomic E-state index is 12.8. The second kappa shape index (κ2) is 7.26. The van der Waals surface area contributed by atoms with Crippen LogP contribution < -0.4 is 5.73 Å². The van der Waals surface area contributed by atoms with Gasteiger partial charge >= 0.3 is 0 Å². The zero-order valence-corrected chi connectivity index (χ0v) is 12.7. The number of hydrogen-bond donors (Lipinski definition) is 1. The third kappa shape index (κ3) is 3.84. The molecule has 112 valence electrons. The van der Waals surface area contributed by atoms with Crippen LogP contribution in [-0.4, -0.2) is 43.2 Å². The molecule has 2 N–H and O–H groups in total. The second-order valence-electron chi connectivity index (χ2n) is 5.21. The number of rotatable bonds is 2. The Bertz CT molecular complexity index is 572. The minimum absolute atomic E-state index is 0.0294. The molecule has 1 aliphatic rings. The molecule has 0 bridgehead atoms. The number of carbonyl (C=O) groups is 1. The summed E-state index contributed by atoms with van der Waals surface area (Å²) in [4.78, 5) is 14.6. The predicted octanol–water partition coefficient (Wildman–Crippen LogP) is 1.56. The molecule has 1 amide bonds. The van der Waals surface area contributed by atoms with Crippen LogP contribution in [0.15, 0.2) is 18.2 Å². The zero-order valence-electron chi connectivity index (χ0n) is 12.7. The molecule has 0 spiro atoms. The molecule has 21 heavy (non-hydrogen) atoms. The first-order valence-corrected chi connectivity index (χ1v) is 7.36. The van der Waals surface area contributed by atoms with E-state index in [2.05, 4.69) is 18.8 Å². The van der Waals surface area contributed by atoms with E-state index in [0.29, 0.717) is 25.3 Å². The predicted molar refractivity (Wildman–Crippen MR) is 83.0 cm³/mol. The highest BCUT2D eigenvalue weighted by Gasteiger charge is 2.25. The first-order chi connectivity index (χ1) is 10.2. The third-order valence-corrected chi connectivity index (χ3v) is 3.61. The number of nitrogens with two attached hydrogens (primary N) is 1. The average Bonchev–Trinajstić information content (AvgIpc) is 2.53. The summed E-state index contributed by atoms with van der Waals surface area (Å²) in [7, 11) is 0. The topological polar surface area (TPSA) is 55.6 Å². The fourth-order valence-electron chi connectivity index (χ4n) is 2.41. The summed E-state index contributed by atoms with van der Waals surface area (Å²) in [6.07, 6.45) is 1.04. The molecular formula is C17H22N2O2. The van der Waals surface area contributed by atoms with Gasteiger partial charge in [0.1, 0.15) is 0 Å². The third-order valence-electron chi connectivity index (χ3n) is 3.61. The van der Waals surface area contributed by atoms with Gasteiger partial charge in [-0.25, -0.2) is 0 Å². The lowest BCUT2D eigenvalue weighted by Gasteiger charge is -2.32. The van der Waals surface area contributed by atoms with Gasteiger partial charge in [0.25, 0.3) is 5.91 Å². The van der Waals surface area contributed by atoms with E-state index in [1.165, 1.54) is 0 Å². The Labute approximate surface area is 126 Å². The van der Waals surface area contributed by atoms with Gasteiger partial charge in [-0.1, -0.05) is 30.4 Å². The number of amides is 1. The van der Waals surface area contributed by atoms with Crippen molar-refractivity contribution in [1.29, 1.82) is 0 Å². The van der Waals surface area contributed by atoms with E-state index in [9.17, 15) is 4.79 Å². The Morgan fingerprint density at radius 3 is 3.05 bits per heavy atom. The zero-order chi connectivity index (χ0) is 15.2. The van der Waals surface area contributed by atoms with E-state index < -0.39 is 0 Å². The van der Waals surface area contributed by atoms with E-state index in [4.69, 9.17) is 10.5 Å². The fourth-order valence-corrected chi connectivity index (χ4v) is 2.41. The van der Waals surface area contributed by atoms with E-state index in [0.717, 1.165) is 17.5 Å². The Morgan fingerprint density at radius 1 is 1.52 bits per heavy atom. The van der Waals surface area contributed by atoms with Crippen LogP contribution in [0.25, 0.3) is 0 Å². The van der Waals surface area contributed by atoms with Crippen LogP contribution in [0.2, 0.25) is 0 Å². The maximum absolute atomic E-state index is 12.8. The molecule has 1 aromatic carbocycles. The van der Waals surface area contributed by atoms with E-state index >= 15 is 0 Å². The molecule has 1 atom stereocenters. The van der Waals surface area contributed by atoms with Crippen LogP contribution >= 0.6 is 0 Å². The van der Waals surface area contributed by atoms with Crippen LogP contribution in [-0.2, 0) is 4.74 Å². The summed E-state index contributed by atoms with van der Waals surface area (Å²) in [5.74, 6) is 5.85. The normalized spacial score (nSPS) is 18.0. The van der Waals surface area contributed by atoms with Crippen molar-refractivity contribution in [3.05, 3.63) is 34.9 Å². The van der Waals surface area contributed by atoms with E-state index in [1.54, 1.807) is 0 Å². The SMILES string of the molecule is CCC1CN(C(=O)c2cc(C)ccc2C#CCN)CCO1. The molecular weight excluding hydrogens is 264 g/mol. The number of aryl methyl sites for hydroxylation is 1. The molecule has 1 heterocycles. The molecule has 0 aliphatic carbocycles. The number of nitrogens with zero attached hydrogens (tertiary/aromatic N) is 1. The van der Waals surface area contributed by atoms with Crippen LogP contribution in [0.5, 0.6) is 0 Å².